The zero-order valence-electron chi connectivity index (χ0n) is 17.0. The summed E-state index contributed by atoms with van der Waals surface area (Å²) in [5.74, 6) is -0.406. The third kappa shape index (κ3) is 6.09. The fourth-order valence-corrected chi connectivity index (χ4v) is 4.35. The molecule has 2 aromatic rings. The quantitative estimate of drug-likeness (QED) is 0.365. The summed E-state index contributed by atoms with van der Waals surface area (Å²) in [5.41, 5.74) is 0.459. The Bertz CT molecular complexity index is 978. The third-order valence-corrected chi connectivity index (χ3v) is 6.53. The molecule has 1 heterocycles. The average molecular weight is 455 g/mol. The molecule has 1 aliphatic heterocycles. The highest BCUT2D eigenvalue weighted by molar-refractivity contribution is 7.92. The summed E-state index contributed by atoms with van der Waals surface area (Å²) in [6, 6.07) is 12.2. The van der Waals surface area contributed by atoms with Crippen molar-refractivity contribution in [2.45, 2.75) is 4.90 Å². The lowest BCUT2D eigenvalue weighted by Crippen LogP contribution is -3.00. The van der Waals surface area contributed by atoms with Gasteiger partial charge in [0.25, 0.3) is 15.9 Å². The number of sulfonamides is 1. The van der Waals surface area contributed by atoms with Crippen molar-refractivity contribution in [2.75, 3.05) is 56.9 Å². The molecule has 0 aromatic heterocycles. The van der Waals surface area contributed by atoms with Crippen LogP contribution < -0.4 is 22.4 Å². The highest BCUT2D eigenvalue weighted by Gasteiger charge is 2.29. The smallest absolute Gasteiger partial charge is 0.279 e. The molecule has 0 bridgehead atoms. The first-order valence-electron chi connectivity index (χ1n) is 9.40. The van der Waals surface area contributed by atoms with Crippen LogP contribution in [0.1, 0.15) is 0 Å². The minimum Gasteiger partial charge on any atom is -1.00 e. The lowest BCUT2D eigenvalue weighted by Gasteiger charge is -2.40. The van der Waals surface area contributed by atoms with E-state index < -0.39 is 10.0 Å². The van der Waals surface area contributed by atoms with E-state index in [0.29, 0.717) is 16.7 Å². The van der Waals surface area contributed by atoms with Gasteiger partial charge in [0.1, 0.15) is 5.75 Å². The van der Waals surface area contributed by atoms with Crippen LogP contribution in [0.2, 0.25) is 0 Å². The van der Waals surface area contributed by atoms with Crippen molar-refractivity contribution in [3.05, 3.63) is 48.5 Å². The number of carbonyl (C=O) groups excluding carboxylic acids is 1. The standard InChI is InChI=1S/C20H26N4O4S.ClH/c1-23-10-12-24(2,13-11-23)15-20(26)21-16-8-9-18(19(25)14-16)22-29(27,28)17-6-4-3-5-7-17;/h3-9,14,22H,10-13,15H2,1-2H3,(H-,21,25,26);1H. The number of anilines is 2. The molecule has 3 N–H and O–H groups in total. The molecule has 8 nitrogen and oxygen atoms in total. The molecule has 0 unspecified atom stereocenters. The van der Waals surface area contributed by atoms with Gasteiger partial charge in [-0.3, -0.25) is 14.4 Å². The van der Waals surface area contributed by atoms with Crippen molar-refractivity contribution < 1.29 is 35.2 Å². The van der Waals surface area contributed by atoms with Crippen molar-refractivity contribution in [1.82, 2.24) is 4.90 Å². The van der Waals surface area contributed by atoms with Gasteiger partial charge in [-0.25, -0.2) is 8.42 Å². The van der Waals surface area contributed by atoms with Crippen molar-refractivity contribution >= 4 is 27.3 Å². The minimum atomic E-state index is -3.81. The Morgan fingerprint density at radius 3 is 2.37 bits per heavy atom. The molecule has 0 spiro atoms. The molecular weight excluding hydrogens is 428 g/mol. The molecule has 1 aliphatic rings. The minimum absolute atomic E-state index is 0. The van der Waals surface area contributed by atoms with Crippen molar-refractivity contribution in [1.29, 1.82) is 0 Å². The Morgan fingerprint density at radius 2 is 1.77 bits per heavy atom. The number of likely N-dealkylation sites (N-methyl/N-ethyl adjacent to an activating group) is 2. The molecule has 2 aromatic carbocycles. The first-order chi connectivity index (χ1) is 13.7. The molecule has 1 amide bonds. The number of piperazine rings is 1. The number of benzene rings is 2. The van der Waals surface area contributed by atoms with E-state index in [1.165, 1.54) is 24.3 Å². The van der Waals surface area contributed by atoms with Crippen molar-refractivity contribution in [2.24, 2.45) is 0 Å². The molecule has 0 aliphatic carbocycles. The number of halogens is 1. The third-order valence-electron chi connectivity index (χ3n) is 5.15. The van der Waals surface area contributed by atoms with E-state index >= 15 is 0 Å². The number of rotatable bonds is 6. The fraction of sp³-hybridized carbons (Fsp3) is 0.350. The summed E-state index contributed by atoms with van der Waals surface area (Å²) in [6.07, 6.45) is 0. The second kappa shape index (κ2) is 9.65. The predicted octanol–water partition coefficient (Wildman–Crippen LogP) is -1.47. The summed E-state index contributed by atoms with van der Waals surface area (Å²) in [7, 11) is 0.323. The number of nitrogens with zero attached hydrogens (tertiary/aromatic N) is 2. The van der Waals surface area contributed by atoms with Gasteiger partial charge in [0.2, 0.25) is 0 Å². The lowest BCUT2D eigenvalue weighted by atomic mass is 10.2. The van der Waals surface area contributed by atoms with Crippen LogP contribution in [0.5, 0.6) is 5.75 Å². The van der Waals surface area contributed by atoms with E-state index in [4.69, 9.17) is 0 Å². The van der Waals surface area contributed by atoms with Gasteiger partial charge in [0, 0.05) is 24.8 Å². The van der Waals surface area contributed by atoms with Crippen LogP contribution in [-0.4, -0.2) is 75.6 Å². The van der Waals surface area contributed by atoms with Gasteiger partial charge in [-0.15, -0.1) is 0 Å². The number of phenols is 1. The van der Waals surface area contributed by atoms with Gasteiger partial charge >= 0.3 is 0 Å². The van der Waals surface area contributed by atoms with Gasteiger partial charge in [-0.1, -0.05) is 18.2 Å². The predicted molar refractivity (Wildman–Crippen MR) is 112 cm³/mol. The molecule has 0 atom stereocenters. The van der Waals surface area contributed by atoms with Crippen LogP contribution in [0.15, 0.2) is 53.4 Å². The van der Waals surface area contributed by atoms with Gasteiger partial charge < -0.3 is 27.3 Å². The molecule has 3 rings (SSSR count). The summed E-state index contributed by atoms with van der Waals surface area (Å²) in [6.45, 7) is 4.03. The maximum Gasteiger partial charge on any atom is 0.279 e. The van der Waals surface area contributed by atoms with Gasteiger partial charge in [-0.05, 0) is 31.3 Å². The highest BCUT2D eigenvalue weighted by atomic mass is 35.5. The van der Waals surface area contributed by atoms with Gasteiger partial charge in [-0.2, -0.15) is 0 Å². The zero-order valence-corrected chi connectivity index (χ0v) is 18.6. The number of hydrogen-bond donors (Lipinski definition) is 3. The Hall–Kier alpha value is -2.33. The van der Waals surface area contributed by atoms with E-state index in [2.05, 4.69) is 29.0 Å². The summed E-state index contributed by atoms with van der Waals surface area (Å²) < 4.78 is 27.8. The van der Waals surface area contributed by atoms with E-state index in [9.17, 15) is 18.3 Å². The number of nitrogens with one attached hydrogen (secondary N) is 2. The molecular formula is C20H27ClN4O4S. The first-order valence-corrected chi connectivity index (χ1v) is 10.9. The molecule has 0 saturated carbocycles. The largest absolute Gasteiger partial charge is 1.00 e. The monoisotopic (exact) mass is 454 g/mol. The highest BCUT2D eigenvalue weighted by Crippen LogP contribution is 2.29. The summed E-state index contributed by atoms with van der Waals surface area (Å²) in [4.78, 5) is 14.8. The Kier molecular flexibility index (Phi) is 7.70. The van der Waals surface area contributed by atoms with E-state index in [-0.39, 0.29) is 34.6 Å². The second-order valence-electron chi connectivity index (χ2n) is 7.73. The van der Waals surface area contributed by atoms with Gasteiger partial charge in [0.05, 0.1) is 30.7 Å². The van der Waals surface area contributed by atoms with Crippen LogP contribution in [0.3, 0.4) is 0 Å². The van der Waals surface area contributed by atoms with Crippen LogP contribution in [-0.2, 0) is 14.8 Å². The molecule has 0 radical (unpaired) electrons. The van der Waals surface area contributed by atoms with E-state index in [1.807, 2.05) is 0 Å². The van der Waals surface area contributed by atoms with Crippen molar-refractivity contribution in [3.63, 3.8) is 0 Å². The molecule has 10 heteroatoms. The number of hydrogen-bond acceptors (Lipinski definition) is 5. The normalized spacial score (nSPS) is 16.3. The number of carbonyl (C=O) groups is 1. The number of phenolic OH excluding ortho intramolecular Hbond substituents is 1. The second-order valence-corrected chi connectivity index (χ2v) is 9.41. The van der Waals surface area contributed by atoms with E-state index in [0.717, 1.165) is 26.2 Å². The Morgan fingerprint density at radius 1 is 1.13 bits per heavy atom. The average Bonchev–Trinajstić information content (AvgIpc) is 2.67. The van der Waals surface area contributed by atoms with Crippen LogP contribution in [0.4, 0.5) is 11.4 Å². The van der Waals surface area contributed by atoms with Gasteiger partial charge in [0.15, 0.2) is 6.54 Å². The van der Waals surface area contributed by atoms with E-state index in [1.54, 1.807) is 24.3 Å². The zero-order chi connectivity index (χ0) is 21.1. The fourth-order valence-electron chi connectivity index (χ4n) is 3.25. The van der Waals surface area contributed by atoms with Crippen LogP contribution in [0, 0.1) is 0 Å². The van der Waals surface area contributed by atoms with Crippen LogP contribution >= 0.6 is 0 Å². The maximum absolute atomic E-state index is 12.4. The first kappa shape index (κ1) is 23.9. The molecule has 30 heavy (non-hydrogen) atoms. The maximum atomic E-state index is 12.4. The Balaban J connectivity index is 0.00000320. The summed E-state index contributed by atoms with van der Waals surface area (Å²) >= 11 is 0. The molecule has 1 fully saturated rings. The summed E-state index contributed by atoms with van der Waals surface area (Å²) in [5, 5.41) is 13.0. The van der Waals surface area contributed by atoms with Crippen LogP contribution in [0.25, 0.3) is 0 Å². The Labute approximate surface area is 183 Å². The van der Waals surface area contributed by atoms with Crippen molar-refractivity contribution in [3.8, 4) is 5.75 Å². The topological polar surface area (TPSA) is 98.7 Å². The number of amides is 1. The lowest BCUT2D eigenvalue weighted by molar-refractivity contribution is -0.905. The molecule has 1 saturated heterocycles. The number of quaternary nitrogens is 1. The molecule has 164 valence electrons. The SMILES string of the molecule is CN1CC[N+](C)(CC(=O)Nc2ccc(NS(=O)(=O)c3ccccc3)c(O)c2)CC1.[Cl-]. The number of aromatic hydroxyl groups is 1.